The second-order valence-corrected chi connectivity index (χ2v) is 3.66. The van der Waals surface area contributed by atoms with E-state index in [1.54, 1.807) is 12.5 Å². The summed E-state index contributed by atoms with van der Waals surface area (Å²) in [5.41, 5.74) is 5.58. The summed E-state index contributed by atoms with van der Waals surface area (Å²) in [4.78, 5) is 2.19. The van der Waals surface area contributed by atoms with Gasteiger partial charge in [-0.1, -0.05) is 0 Å². The van der Waals surface area contributed by atoms with Gasteiger partial charge in [-0.3, -0.25) is 4.90 Å². The van der Waals surface area contributed by atoms with Gasteiger partial charge >= 0.3 is 0 Å². The summed E-state index contributed by atoms with van der Waals surface area (Å²) in [5, 5.41) is 0. The Bertz CT molecular complexity index is 345. The molecule has 2 rings (SSSR count). The Labute approximate surface area is 94.6 Å². The number of nitrogens with zero attached hydrogens (tertiary/aromatic N) is 1. The van der Waals surface area contributed by atoms with Crippen molar-refractivity contribution < 1.29 is 8.83 Å². The van der Waals surface area contributed by atoms with Crippen LogP contribution < -0.4 is 5.73 Å². The quantitative estimate of drug-likeness (QED) is 0.807. The highest BCUT2D eigenvalue weighted by molar-refractivity contribution is 5.01. The summed E-state index contributed by atoms with van der Waals surface area (Å²) < 4.78 is 10.6. The molecule has 16 heavy (non-hydrogen) atoms. The lowest BCUT2D eigenvalue weighted by atomic mass is 10.3. The van der Waals surface area contributed by atoms with E-state index in [2.05, 4.69) is 4.90 Å². The van der Waals surface area contributed by atoms with Crippen LogP contribution in [0.4, 0.5) is 0 Å². The molecule has 4 heteroatoms. The molecule has 0 aliphatic rings. The van der Waals surface area contributed by atoms with Crippen molar-refractivity contribution in [3.8, 4) is 0 Å². The van der Waals surface area contributed by atoms with Gasteiger partial charge in [-0.2, -0.15) is 0 Å². The average Bonchev–Trinajstić information content (AvgIpc) is 2.91. The van der Waals surface area contributed by atoms with E-state index >= 15 is 0 Å². The van der Waals surface area contributed by atoms with Gasteiger partial charge in [-0.15, -0.1) is 0 Å². The summed E-state index contributed by atoms with van der Waals surface area (Å²) >= 11 is 0. The van der Waals surface area contributed by atoms with Crippen LogP contribution in [0.3, 0.4) is 0 Å². The first-order valence-corrected chi connectivity index (χ1v) is 5.35. The number of hydrogen-bond acceptors (Lipinski definition) is 4. The van der Waals surface area contributed by atoms with Gasteiger partial charge in [0.2, 0.25) is 0 Å². The zero-order chi connectivity index (χ0) is 11.2. The van der Waals surface area contributed by atoms with Crippen molar-refractivity contribution >= 4 is 0 Å². The summed E-state index contributed by atoms with van der Waals surface area (Å²) in [6, 6.07) is 7.71. The van der Waals surface area contributed by atoms with E-state index in [1.807, 2.05) is 24.3 Å². The van der Waals surface area contributed by atoms with Gasteiger partial charge in [-0.05, 0) is 24.3 Å². The lowest BCUT2D eigenvalue weighted by molar-refractivity contribution is 0.223. The highest BCUT2D eigenvalue weighted by Crippen LogP contribution is 2.10. The maximum absolute atomic E-state index is 5.58. The Morgan fingerprint density at radius 3 is 1.94 bits per heavy atom. The SMILES string of the molecule is NCCN(Cc1ccco1)Cc1ccco1. The van der Waals surface area contributed by atoms with E-state index in [-0.39, 0.29) is 0 Å². The molecule has 0 saturated heterocycles. The minimum atomic E-state index is 0.626. The number of rotatable bonds is 6. The van der Waals surface area contributed by atoms with Gasteiger partial charge in [0.25, 0.3) is 0 Å². The Balaban J connectivity index is 1.94. The van der Waals surface area contributed by atoms with Gasteiger partial charge < -0.3 is 14.6 Å². The minimum absolute atomic E-state index is 0.626. The van der Waals surface area contributed by atoms with E-state index in [4.69, 9.17) is 14.6 Å². The topological polar surface area (TPSA) is 55.5 Å². The van der Waals surface area contributed by atoms with E-state index in [9.17, 15) is 0 Å². The standard InChI is InChI=1S/C12H16N2O2/c13-5-6-14(9-11-3-1-7-15-11)10-12-4-2-8-16-12/h1-4,7-8H,5-6,9-10,13H2. The predicted molar refractivity (Wildman–Crippen MR) is 60.6 cm³/mol. The smallest absolute Gasteiger partial charge is 0.117 e. The van der Waals surface area contributed by atoms with Gasteiger partial charge in [0.15, 0.2) is 0 Å². The third kappa shape index (κ3) is 2.98. The lowest BCUT2D eigenvalue weighted by Crippen LogP contribution is -2.28. The van der Waals surface area contributed by atoms with Gasteiger partial charge in [-0.25, -0.2) is 0 Å². The maximum atomic E-state index is 5.58. The number of nitrogens with two attached hydrogens (primary N) is 1. The van der Waals surface area contributed by atoms with E-state index in [0.29, 0.717) is 6.54 Å². The fourth-order valence-electron chi connectivity index (χ4n) is 1.64. The normalized spacial score (nSPS) is 11.1. The minimum Gasteiger partial charge on any atom is -0.468 e. The van der Waals surface area contributed by atoms with Crippen LogP contribution in [0, 0.1) is 0 Å². The lowest BCUT2D eigenvalue weighted by Gasteiger charge is -2.18. The molecular formula is C12H16N2O2. The predicted octanol–water partition coefficient (Wildman–Crippen LogP) is 1.83. The number of furan rings is 2. The third-order valence-electron chi connectivity index (χ3n) is 2.36. The van der Waals surface area contributed by atoms with Crippen molar-refractivity contribution in [2.45, 2.75) is 13.1 Å². The number of hydrogen-bond donors (Lipinski definition) is 1. The molecule has 0 bridgehead atoms. The fraction of sp³-hybridized carbons (Fsp3) is 0.333. The molecule has 2 heterocycles. The molecule has 0 atom stereocenters. The molecule has 0 amide bonds. The van der Waals surface area contributed by atoms with E-state index in [0.717, 1.165) is 31.2 Å². The van der Waals surface area contributed by atoms with Crippen LogP contribution in [0.1, 0.15) is 11.5 Å². The van der Waals surface area contributed by atoms with E-state index in [1.165, 1.54) is 0 Å². The zero-order valence-electron chi connectivity index (χ0n) is 9.13. The molecule has 2 aromatic rings. The molecular weight excluding hydrogens is 204 g/mol. The highest BCUT2D eigenvalue weighted by atomic mass is 16.3. The van der Waals surface area contributed by atoms with Crippen LogP contribution >= 0.6 is 0 Å². The highest BCUT2D eigenvalue weighted by Gasteiger charge is 2.09. The van der Waals surface area contributed by atoms with Gasteiger partial charge in [0.1, 0.15) is 11.5 Å². The molecule has 86 valence electrons. The molecule has 4 nitrogen and oxygen atoms in total. The molecule has 0 saturated carbocycles. The molecule has 0 fully saturated rings. The van der Waals surface area contributed by atoms with Crippen LogP contribution in [0.15, 0.2) is 45.6 Å². The molecule has 0 radical (unpaired) electrons. The average molecular weight is 220 g/mol. The molecule has 0 unspecified atom stereocenters. The monoisotopic (exact) mass is 220 g/mol. The molecule has 0 spiro atoms. The van der Waals surface area contributed by atoms with Crippen molar-refractivity contribution in [3.05, 3.63) is 48.3 Å². The summed E-state index contributed by atoms with van der Waals surface area (Å²) in [7, 11) is 0. The second-order valence-electron chi connectivity index (χ2n) is 3.66. The van der Waals surface area contributed by atoms with Crippen molar-refractivity contribution in [2.24, 2.45) is 5.73 Å². The van der Waals surface area contributed by atoms with E-state index < -0.39 is 0 Å². The maximum Gasteiger partial charge on any atom is 0.117 e. The summed E-state index contributed by atoms with van der Waals surface area (Å²) in [6.07, 6.45) is 3.37. The van der Waals surface area contributed by atoms with Crippen molar-refractivity contribution in [1.82, 2.24) is 4.90 Å². The van der Waals surface area contributed by atoms with Crippen molar-refractivity contribution in [3.63, 3.8) is 0 Å². The zero-order valence-corrected chi connectivity index (χ0v) is 9.13. The first-order valence-electron chi connectivity index (χ1n) is 5.35. The van der Waals surface area contributed by atoms with Crippen molar-refractivity contribution in [2.75, 3.05) is 13.1 Å². The Morgan fingerprint density at radius 2 is 1.56 bits per heavy atom. The molecule has 2 aromatic heterocycles. The first-order chi connectivity index (χ1) is 7.88. The van der Waals surface area contributed by atoms with Crippen LogP contribution in [0.5, 0.6) is 0 Å². The van der Waals surface area contributed by atoms with Crippen molar-refractivity contribution in [1.29, 1.82) is 0 Å². The summed E-state index contributed by atoms with van der Waals surface area (Å²) in [6.45, 7) is 2.96. The van der Waals surface area contributed by atoms with Crippen LogP contribution in [-0.2, 0) is 13.1 Å². The van der Waals surface area contributed by atoms with Crippen LogP contribution in [-0.4, -0.2) is 18.0 Å². The summed E-state index contributed by atoms with van der Waals surface area (Å²) in [5.74, 6) is 1.89. The van der Waals surface area contributed by atoms with Gasteiger partial charge in [0, 0.05) is 13.1 Å². The second kappa shape index (κ2) is 5.53. The fourth-order valence-corrected chi connectivity index (χ4v) is 1.64. The molecule has 2 N–H and O–H groups in total. The first kappa shape index (κ1) is 11.0. The molecule has 0 aromatic carbocycles. The largest absolute Gasteiger partial charge is 0.468 e. The Morgan fingerprint density at radius 1 is 1.00 bits per heavy atom. The molecule has 0 aliphatic heterocycles. The molecule has 0 aliphatic carbocycles. The van der Waals surface area contributed by atoms with Gasteiger partial charge in [0.05, 0.1) is 25.6 Å². The Hall–Kier alpha value is -1.52. The van der Waals surface area contributed by atoms with Crippen LogP contribution in [0.2, 0.25) is 0 Å². The third-order valence-corrected chi connectivity index (χ3v) is 2.36. The van der Waals surface area contributed by atoms with Crippen LogP contribution in [0.25, 0.3) is 0 Å². The Kier molecular flexibility index (Phi) is 3.80.